The predicted octanol–water partition coefficient (Wildman–Crippen LogP) is 5.00. The summed E-state index contributed by atoms with van der Waals surface area (Å²) in [6.45, 7) is 14.5. The Morgan fingerprint density at radius 1 is 1.18 bits per heavy atom. The van der Waals surface area contributed by atoms with Crippen molar-refractivity contribution in [2.45, 2.75) is 52.6 Å². The van der Waals surface area contributed by atoms with Crippen LogP contribution in [0.2, 0.25) is 5.02 Å². The van der Waals surface area contributed by atoms with E-state index in [1.807, 2.05) is 6.07 Å². The van der Waals surface area contributed by atoms with Crippen LogP contribution in [0.5, 0.6) is 0 Å². The first-order valence-electron chi connectivity index (χ1n) is 10.0. The van der Waals surface area contributed by atoms with Gasteiger partial charge in [0.1, 0.15) is 0 Å². The molecule has 1 saturated carbocycles. The Labute approximate surface area is 188 Å². The number of aliphatic hydroxyl groups is 1. The van der Waals surface area contributed by atoms with E-state index >= 15 is 0 Å². The summed E-state index contributed by atoms with van der Waals surface area (Å²) in [5, 5.41) is 15.4. The SMILES string of the molecule is CC1(C)CC(O)C(C(CN2CCNCC2)c2cccc(Cl)c2)C(C)(C)C1.Cl.Cl. The van der Waals surface area contributed by atoms with Gasteiger partial charge in [-0.3, -0.25) is 0 Å². The number of nitrogens with zero attached hydrogens (tertiary/aromatic N) is 1. The van der Waals surface area contributed by atoms with E-state index < -0.39 is 0 Å². The van der Waals surface area contributed by atoms with Crippen molar-refractivity contribution in [1.29, 1.82) is 0 Å². The van der Waals surface area contributed by atoms with Crippen molar-refractivity contribution in [3.05, 3.63) is 34.9 Å². The zero-order valence-corrected chi connectivity index (χ0v) is 20.0. The van der Waals surface area contributed by atoms with Gasteiger partial charge < -0.3 is 15.3 Å². The number of hydrogen-bond donors (Lipinski definition) is 2. The van der Waals surface area contributed by atoms with Crippen molar-refractivity contribution in [2.24, 2.45) is 16.7 Å². The van der Waals surface area contributed by atoms with E-state index in [1.165, 1.54) is 5.56 Å². The number of aliphatic hydroxyl groups excluding tert-OH is 1. The number of nitrogens with one attached hydrogen (secondary N) is 1. The molecule has 3 atom stereocenters. The van der Waals surface area contributed by atoms with E-state index in [2.05, 4.69) is 56.1 Å². The van der Waals surface area contributed by atoms with Crippen molar-refractivity contribution >= 4 is 36.4 Å². The summed E-state index contributed by atoms with van der Waals surface area (Å²) in [4.78, 5) is 2.55. The molecule has 2 N–H and O–H groups in total. The normalized spacial score (nSPS) is 27.9. The molecule has 0 radical (unpaired) electrons. The summed E-state index contributed by atoms with van der Waals surface area (Å²) < 4.78 is 0. The van der Waals surface area contributed by atoms with Crippen molar-refractivity contribution in [3.8, 4) is 0 Å². The number of benzene rings is 1. The van der Waals surface area contributed by atoms with Gasteiger partial charge in [-0.2, -0.15) is 0 Å². The van der Waals surface area contributed by atoms with Crippen molar-refractivity contribution in [1.82, 2.24) is 10.2 Å². The second kappa shape index (κ2) is 10.3. The van der Waals surface area contributed by atoms with Crippen LogP contribution < -0.4 is 5.32 Å². The van der Waals surface area contributed by atoms with Gasteiger partial charge in [0.2, 0.25) is 0 Å². The largest absolute Gasteiger partial charge is 0.393 e. The molecule has 1 aliphatic carbocycles. The average Bonchev–Trinajstić information content (AvgIpc) is 2.52. The molecule has 2 aliphatic rings. The molecule has 0 bridgehead atoms. The molecule has 3 rings (SSSR count). The van der Waals surface area contributed by atoms with Crippen molar-refractivity contribution < 1.29 is 5.11 Å². The minimum atomic E-state index is -0.277. The summed E-state index contributed by atoms with van der Waals surface area (Å²) in [5.74, 6) is 0.539. The van der Waals surface area contributed by atoms with Crippen LogP contribution in [0.25, 0.3) is 0 Å². The number of hydrogen-bond acceptors (Lipinski definition) is 3. The topological polar surface area (TPSA) is 35.5 Å². The van der Waals surface area contributed by atoms with Crippen LogP contribution in [-0.4, -0.2) is 48.8 Å². The number of halogens is 3. The van der Waals surface area contributed by atoms with Crippen LogP contribution in [0.1, 0.15) is 52.0 Å². The second-order valence-corrected chi connectivity index (χ2v) is 10.3. The highest BCUT2D eigenvalue weighted by Crippen LogP contribution is 2.54. The molecule has 1 saturated heterocycles. The summed E-state index contributed by atoms with van der Waals surface area (Å²) in [6.07, 6.45) is 1.74. The van der Waals surface area contributed by atoms with Gasteiger partial charge in [-0.25, -0.2) is 0 Å². The highest BCUT2D eigenvalue weighted by atomic mass is 35.5. The van der Waals surface area contributed by atoms with Gasteiger partial charge in [-0.1, -0.05) is 51.4 Å². The first-order chi connectivity index (χ1) is 12.2. The van der Waals surface area contributed by atoms with E-state index in [1.54, 1.807) is 0 Å². The van der Waals surface area contributed by atoms with Crippen LogP contribution in [0.4, 0.5) is 0 Å². The molecule has 0 amide bonds. The number of piperazine rings is 1. The Morgan fingerprint density at radius 2 is 1.82 bits per heavy atom. The predicted molar refractivity (Wildman–Crippen MR) is 124 cm³/mol. The Kier molecular flexibility index (Phi) is 9.59. The molecule has 1 aromatic rings. The van der Waals surface area contributed by atoms with Gasteiger partial charge in [0.05, 0.1) is 6.10 Å². The lowest BCUT2D eigenvalue weighted by Gasteiger charge is -2.53. The molecule has 6 heteroatoms. The molecular weight excluding hydrogens is 415 g/mol. The maximum atomic E-state index is 11.2. The van der Waals surface area contributed by atoms with E-state index in [4.69, 9.17) is 11.6 Å². The summed E-state index contributed by atoms with van der Waals surface area (Å²) >= 11 is 6.34. The molecule has 162 valence electrons. The summed E-state index contributed by atoms with van der Waals surface area (Å²) in [5.41, 5.74) is 1.54. The van der Waals surface area contributed by atoms with Gasteiger partial charge in [-0.05, 0) is 47.3 Å². The maximum Gasteiger partial charge on any atom is 0.0584 e. The lowest BCUT2D eigenvalue weighted by molar-refractivity contribution is -0.0770. The summed E-state index contributed by atoms with van der Waals surface area (Å²) in [7, 11) is 0. The van der Waals surface area contributed by atoms with Crippen LogP contribution in [0, 0.1) is 16.7 Å². The zero-order chi connectivity index (χ0) is 18.9. The lowest BCUT2D eigenvalue weighted by atomic mass is 9.55. The van der Waals surface area contributed by atoms with Gasteiger partial charge in [-0.15, -0.1) is 24.8 Å². The molecular formula is C22H37Cl3N2O. The van der Waals surface area contributed by atoms with E-state index in [0.717, 1.165) is 50.6 Å². The molecule has 1 aromatic carbocycles. The third-order valence-electron chi connectivity index (χ3n) is 6.39. The fraction of sp³-hybridized carbons (Fsp3) is 0.727. The lowest BCUT2D eigenvalue weighted by Crippen LogP contribution is -2.51. The minimum Gasteiger partial charge on any atom is -0.393 e. The Morgan fingerprint density at radius 3 is 2.39 bits per heavy atom. The van der Waals surface area contributed by atoms with E-state index in [9.17, 15) is 5.11 Å². The Balaban J connectivity index is 0.00000196. The van der Waals surface area contributed by atoms with Crippen molar-refractivity contribution in [2.75, 3.05) is 32.7 Å². The third-order valence-corrected chi connectivity index (χ3v) is 6.62. The smallest absolute Gasteiger partial charge is 0.0584 e. The average molecular weight is 452 g/mol. The molecule has 0 spiro atoms. The van der Waals surface area contributed by atoms with Crippen LogP contribution in [-0.2, 0) is 0 Å². The first-order valence-corrected chi connectivity index (χ1v) is 10.4. The van der Waals surface area contributed by atoms with Gasteiger partial charge >= 0.3 is 0 Å². The highest BCUT2D eigenvalue weighted by Gasteiger charge is 2.49. The standard InChI is InChI=1S/C22H35ClN2O.2ClH/c1-21(2)13-19(26)20(22(3,4)15-21)18(14-25-10-8-24-9-11-25)16-6-5-7-17(23)12-16;;/h5-7,12,18-20,24,26H,8-11,13-15H2,1-4H3;2*1H. The fourth-order valence-electron chi connectivity index (χ4n) is 5.79. The fourth-order valence-corrected chi connectivity index (χ4v) is 5.98. The first kappa shape index (κ1) is 26.0. The molecule has 2 fully saturated rings. The van der Waals surface area contributed by atoms with Crippen LogP contribution >= 0.6 is 36.4 Å². The monoisotopic (exact) mass is 450 g/mol. The second-order valence-electron chi connectivity index (χ2n) is 9.84. The number of rotatable bonds is 4. The minimum absolute atomic E-state index is 0. The summed E-state index contributed by atoms with van der Waals surface area (Å²) in [6, 6.07) is 8.30. The molecule has 0 aromatic heterocycles. The molecule has 3 unspecified atom stereocenters. The van der Waals surface area contributed by atoms with Crippen molar-refractivity contribution in [3.63, 3.8) is 0 Å². The molecule has 28 heavy (non-hydrogen) atoms. The van der Waals surface area contributed by atoms with Gasteiger partial charge in [0, 0.05) is 43.7 Å². The van der Waals surface area contributed by atoms with Crippen LogP contribution in [0.3, 0.4) is 0 Å². The third kappa shape index (κ3) is 6.23. The van der Waals surface area contributed by atoms with E-state index in [-0.39, 0.29) is 47.7 Å². The quantitative estimate of drug-likeness (QED) is 0.676. The van der Waals surface area contributed by atoms with Gasteiger partial charge in [0.25, 0.3) is 0 Å². The van der Waals surface area contributed by atoms with E-state index in [0.29, 0.717) is 5.92 Å². The Hall–Kier alpha value is -0.0300. The Bertz CT molecular complexity index is 618. The molecule has 1 heterocycles. The van der Waals surface area contributed by atoms with Crippen LogP contribution in [0.15, 0.2) is 24.3 Å². The highest BCUT2D eigenvalue weighted by molar-refractivity contribution is 6.30. The molecule has 3 nitrogen and oxygen atoms in total. The zero-order valence-electron chi connectivity index (χ0n) is 17.6. The molecule has 1 aliphatic heterocycles. The van der Waals surface area contributed by atoms with Gasteiger partial charge in [0.15, 0.2) is 0 Å². The maximum absolute atomic E-state index is 11.2.